The molecule has 4 heteroatoms. The first-order valence-corrected chi connectivity index (χ1v) is 10.7. The van der Waals surface area contributed by atoms with Crippen molar-refractivity contribution in [1.29, 1.82) is 0 Å². The average molecular weight is 410 g/mol. The van der Waals surface area contributed by atoms with Gasteiger partial charge in [-0.2, -0.15) is 0 Å². The second-order valence-electron chi connectivity index (χ2n) is 7.69. The fourth-order valence-corrected chi connectivity index (χ4v) is 3.61. The summed E-state index contributed by atoms with van der Waals surface area (Å²) < 4.78 is 0. The molecule has 4 nitrogen and oxygen atoms in total. The van der Waals surface area contributed by atoms with Gasteiger partial charge >= 0.3 is 0 Å². The zero-order chi connectivity index (χ0) is 21.5. The maximum Gasteiger partial charge on any atom is 0.243 e. The van der Waals surface area contributed by atoms with Crippen molar-refractivity contribution in [3.63, 3.8) is 0 Å². The molecule has 2 N–H and O–H groups in total. The quantitative estimate of drug-likeness (QED) is 0.222. The second kappa shape index (κ2) is 9.90. The van der Waals surface area contributed by atoms with Crippen molar-refractivity contribution in [2.75, 3.05) is 18.4 Å². The summed E-state index contributed by atoms with van der Waals surface area (Å²) >= 11 is 0. The number of rotatable bonds is 8. The number of pyridine rings is 1. The van der Waals surface area contributed by atoms with Crippen LogP contribution in [0.25, 0.3) is 27.9 Å². The number of unbranched alkanes of at least 4 members (excludes halogenated alkanes) is 1. The van der Waals surface area contributed by atoms with E-state index in [9.17, 15) is 4.79 Å². The van der Waals surface area contributed by atoms with E-state index in [-0.39, 0.29) is 5.91 Å². The lowest BCUT2D eigenvalue weighted by atomic mass is 10.1. The molecular weight excluding hydrogens is 382 g/mol. The first kappa shape index (κ1) is 20.6. The Hall–Kier alpha value is -3.66. The predicted molar refractivity (Wildman–Crippen MR) is 130 cm³/mol. The number of nitrogens with zero attached hydrogens (tertiary/aromatic N) is 1. The van der Waals surface area contributed by atoms with Crippen LogP contribution in [0.15, 0.2) is 78.9 Å². The number of para-hydroxylation sites is 2. The summed E-state index contributed by atoms with van der Waals surface area (Å²) in [6, 6.07) is 24.5. The Kier molecular flexibility index (Phi) is 6.58. The number of anilines is 1. The lowest BCUT2D eigenvalue weighted by molar-refractivity contribution is -0.116. The number of aromatic nitrogens is 1. The van der Waals surface area contributed by atoms with E-state index in [1.54, 1.807) is 6.08 Å². The Morgan fingerprint density at radius 2 is 1.45 bits per heavy atom. The van der Waals surface area contributed by atoms with E-state index in [1.165, 1.54) is 5.56 Å². The molecule has 0 aliphatic carbocycles. The van der Waals surface area contributed by atoms with Gasteiger partial charge in [0.05, 0.1) is 16.7 Å². The minimum atomic E-state index is -0.0559. The van der Waals surface area contributed by atoms with Gasteiger partial charge in [-0.25, -0.2) is 4.98 Å². The Morgan fingerprint density at radius 3 is 2.13 bits per heavy atom. The summed E-state index contributed by atoms with van der Waals surface area (Å²) in [7, 11) is 0. The molecule has 1 heterocycles. The van der Waals surface area contributed by atoms with E-state index in [2.05, 4.69) is 29.7 Å². The van der Waals surface area contributed by atoms with Crippen LogP contribution < -0.4 is 10.6 Å². The van der Waals surface area contributed by atoms with Crippen molar-refractivity contribution < 1.29 is 4.79 Å². The van der Waals surface area contributed by atoms with Gasteiger partial charge < -0.3 is 10.6 Å². The molecule has 4 aromatic rings. The number of carbonyl (C=O) groups is 1. The van der Waals surface area contributed by atoms with Crippen LogP contribution in [-0.2, 0) is 4.79 Å². The van der Waals surface area contributed by atoms with Crippen LogP contribution >= 0.6 is 0 Å². The van der Waals surface area contributed by atoms with Gasteiger partial charge in [0, 0.05) is 29.9 Å². The van der Waals surface area contributed by atoms with E-state index in [4.69, 9.17) is 4.98 Å². The van der Waals surface area contributed by atoms with Gasteiger partial charge in [0.2, 0.25) is 5.91 Å². The van der Waals surface area contributed by atoms with E-state index < -0.39 is 0 Å². The van der Waals surface area contributed by atoms with E-state index in [0.29, 0.717) is 6.54 Å². The molecular formula is C27H27N3O. The fraction of sp³-hybridized carbons (Fsp3) is 0.185. The van der Waals surface area contributed by atoms with Crippen molar-refractivity contribution in [2.45, 2.75) is 19.8 Å². The van der Waals surface area contributed by atoms with Gasteiger partial charge in [0.25, 0.3) is 0 Å². The molecule has 0 saturated heterocycles. The third kappa shape index (κ3) is 5.28. The summed E-state index contributed by atoms with van der Waals surface area (Å²) in [5.41, 5.74) is 5.36. The molecule has 0 fully saturated rings. The summed E-state index contributed by atoms with van der Waals surface area (Å²) in [4.78, 5) is 16.8. The zero-order valence-electron chi connectivity index (χ0n) is 17.8. The van der Waals surface area contributed by atoms with Crippen molar-refractivity contribution >= 4 is 39.5 Å². The Balaban J connectivity index is 1.28. The van der Waals surface area contributed by atoms with Gasteiger partial charge in [0.1, 0.15) is 0 Å². The largest absolute Gasteiger partial charge is 0.384 e. The molecule has 4 rings (SSSR count). The maximum atomic E-state index is 12.0. The molecule has 0 radical (unpaired) electrons. The highest BCUT2D eigenvalue weighted by Crippen LogP contribution is 2.30. The fourth-order valence-electron chi connectivity index (χ4n) is 3.61. The molecule has 0 atom stereocenters. The normalized spacial score (nSPS) is 11.3. The summed E-state index contributed by atoms with van der Waals surface area (Å²) in [6.07, 6.45) is 5.32. The first-order valence-electron chi connectivity index (χ1n) is 10.7. The average Bonchev–Trinajstić information content (AvgIpc) is 2.80. The number of hydrogen-bond donors (Lipinski definition) is 2. The SMILES string of the molecule is Cc1ccc(/C=C/C(=O)NCCCCNc2c3ccccc3nc3ccccc23)cc1. The summed E-state index contributed by atoms with van der Waals surface area (Å²) in [5.74, 6) is -0.0559. The van der Waals surface area contributed by atoms with E-state index in [0.717, 1.165) is 52.4 Å². The summed E-state index contributed by atoms with van der Waals surface area (Å²) in [6.45, 7) is 3.55. The van der Waals surface area contributed by atoms with Gasteiger partial charge in [-0.15, -0.1) is 0 Å². The van der Waals surface area contributed by atoms with Crippen LogP contribution in [0.3, 0.4) is 0 Å². The first-order chi connectivity index (χ1) is 15.2. The van der Waals surface area contributed by atoms with Crippen molar-refractivity contribution in [1.82, 2.24) is 10.3 Å². The molecule has 3 aromatic carbocycles. The van der Waals surface area contributed by atoms with Crippen LogP contribution in [0.5, 0.6) is 0 Å². The molecule has 0 saturated carbocycles. The van der Waals surface area contributed by atoms with Crippen LogP contribution in [-0.4, -0.2) is 24.0 Å². The van der Waals surface area contributed by atoms with Crippen molar-refractivity contribution in [3.05, 3.63) is 90.0 Å². The highest BCUT2D eigenvalue weighted by molar-refractivity contribution is 6.07. The maximum absolute atomic E-state index is 12.0. The van der Waals surface area contributed by atoms with E-state index in [1.807, 2.05) is 66.7 Å². The third-order valence-electron chi connectivity index (χ3n) is 5.30. The summed E-state index contributed by atoms with van der Waals surface area (Å²) in [5, 5.41) is 8.83. The lowest BCUT2D eigenvalue weighted by Gasteiger charge is -2.13. The molecule has 0 bridgehead atoms. The molecule has 0 aliphatic rings. The van der Waals surface area contributed by atoms with Crippen LogP contribution in [0.4, 0.5) is 5.69 Å². The third-order valence-corrected chi connectivity index (χ3v) is 5.30. The molecule has 0 spiro atoms. The number of aryl methyl sites for hydroxylation is 1. The number of hydrogen-bond acceptors (Lipinski definition) is 3. The van der Waals surface area contributed by atoms with Gasteiger partial charge in [-0.3, -0.25) is 4.79 Å². The van der Waals surface area contributed by atoms with Crippen LogP contribution in [0.2, 0.25) is 0 Å². The second-order valence-corrected chi connectivity index (χ2v) is 7.69. The molecule has 156 valence electrons. The standard InChI is InChI=1S/C27H27N3O/c1-20-12-14-21(15-13-20)16-17-26(31)28-18-6-7-19-29-27-22-8-2-4-10-24(22)30-25-11-5-3-9-23(25)27/h2-5,8-17H,6-7,18-19H2,1H3,(H,28,31)(H,29,30)/b17-16+. The monoisotopic (exact) mass is 409 g/mol. The number of fused-ring (bicyclic) bond motifs is 2. The van der Waals surface area contributed by atoms with E-state index >= 15 is 0 Å². The molecule has 1 aromatic heterocycles. The van der Waals surface area contributed by atoms with Crippen LogP contribution in [0.1, 0.15) is 24.0 Å². The van der Waals surface area contributed by atoms with Gasteiger partial charge in [-0.05, 0) is 43.5 Å². The Morgan fingerprint density at radius 1 is 0.839 bits per heavy atom. The van der Waals surface area contributed by atoms with Crippen LogP contribution in [0, 0.1) is 6.92 Å². The minimum absolute atomic E-state index is 0.0559. The Bertz CT molecular complexity index is 1160. The molecule has 0 aliphatic heterocycles. The predicted octanol–water partition coefficient (Wildman–Crippen LogP) is 5.72. The number of nitrogens with one attached hydrogen (secondary N) is 2. The highest BCUT2D eigenvalue weighted by Gasteiger charge is 2.07. The molecule has 0 unspecified atom stereocenters. The van der Waals surface area contributed by atoms with Gasteiger partial charge in [-0.1, -0.05) is 66.2 Å². The van der Waals surface area contributed by atoms with Crippen molar-refractivity contribution in [3.8, 4) is 0 Å². The Labute approximate surface area is 183 Å². The lowest BCUT2D eigenvalue weighted by Crippen LogP contribution is -2.22. The highest BCUT2D eigenvalue weighted by atomic mass is 16.1. The number of carbonyl (C=O) groups excluding carboxylic acids is 1. The molecule has 31 heavy (non-hydrogen) atoms. The molecule has 1 amide bonds. The number of amides is 1. The zero-order valence-corrected chi connectivity index (χ0v) is 17.8. The number of benzene rings is 3. The minimum Gasteiger partial charge on any atom is -0.384 e. The smallest absolute Gasteiger partial charge is 0.243 e. The van der Waals surface area contributed by atoms with Crippen molar-refractivity contribution in [2.24, 2.45) is 0 Å². The van der Waals surface area contributed by atoms with Gasteiger partial charge in [0.15, 0.2) is 0 Å². The topological polar surface area (TPSA) is 54.0 Å².